The fourth-order valence-electron chi connectivity index (χ4n) is 3.37. The highest BCUT2D eigenvalue weighted by Crippen LogP contribution is 2.45. The number of hydrogen-bond acceptors (Lipinski definition) is 4. The maximum Gasteiger partial charge on any atom is 0.207 e. The lowest BCUT2D eigenvalue weighted by atomic mass is 9.78. The molecule has 33 heavy (non-hydrogen) atoms. The first-order chi connectivity index (χ1) is 15.3. The lowest BCUT2D eigenvalue weighted by Gasteiger charge is -2.31. The average molecular weight is 716 g/mol. The minimum atomic E-state index is -1.22. The predicted octanol–water partition coefficient (Wildman–Crippen LogP) is 8.84. The molecule has 0 atom stereocenters. The van der Waals surface area contributed by atoms with Crippen molar-refractivity contribution in [3.05, 3.63) is 53.3 Å². The summed E-state index contributed by atoms with van der Waals surface area (Å²) in [5.74, 6) is -1.28. The van der Waals surface area contributed by atoms with Crippen molar-refractivity contribution in [1.29, 1.82) is 0 Å². The minimum absolute atomic E-state index is 0.370. The fourth-order valence-corrected chi connectivity index (χ4v) is 6.07. The van der Waals surface area contributed by atoms with E-state index in [2.05, 4.69) is 77.6 Å². The highest BCUT2D eigenvalue weighted by molar-refractivity contribution is 9.11. The molecule has 8 heteroatoms. The number of benzene rings is 2. The van der Waals surface area contributed by atoms with Crippen molar-refractivity contribution in [2.75, 3.05) is 0 Å². The monoisotopic (exact) mass is 712 g/mol. The minimum Gasteiger partial charge on any atom is -0.460 e. The van der Waals surface area contributed by atoms with E-state index in [9.17, 15) is 10.2 Å². The first-order valence-corrected chi connectivity index (χ1v) is 14.2. The van der Waals surface area contributed by atoms with E-state index in [0.717, 1.165) is 29.0 Å². The highest BCUT2D eigenvalue weighted by atomic mass is 79.9. The van der Waals surface area contributed by atoms with Gasteiger partial charge in [-0.2, -0.15) is 0 Å². The third-order valence-corrected chi connectivity index (χ3v) is 8.59. The van der Waals surface area contributed by atoms with E-state index in [4.69, 9.17) is 9.47 Å². The van der Waals surface area contributed by atoms with E-state index in [1.54, 1.807) is 0 Å². The van der Waals surface area contributed by atoms with Crippen LogP contribution in [-0.4, -0.2) is 21.8 Å². The van der Waals surface area contributed by atoms with Gasteiger partial charge < -0.3 is 19.7 Å². The molecule has 0 aliphatic heterocycles. The molecule has 2 rings (SSSR count). The van der Waals surface area contributed by atoms with Crippen molar-refractivity contribution in [2.24, 2.45) is 0 Å². The Balaban J connectivity index is 2.48. The standard InChI is InChI=1S/C25H32Br4O4/c1-7-24(30,8-2)32-21-17(26)11-15(12-18(21)27)23(5,6)16-13-19(28)22(20(29)14-16)33-25(31,9-3)10-4/h11-14,30-31H,7-10H2,1-6H3. The third kappa shape index (κ3) is 6.56. The number of rotatable bonds is 10. The van der Waals surface area contributed by atoms with E-state index in [0.29, 0.717) is 37.2 Å². The van der Waals surface area contributed by atoms with E-state index >= 15 is 0 Å². The molecule has 0 radical (unpaired) electrons. The molecule has 4 nitrogen and oxygen atoms in total. The normalized spacial score (nSPS) is 12.7. The van der Waals surface area contributed by atoms with Gasteiger partial charge in [-0.15, -0.1) is 0 Å². The molecule has 0 spiro atoms. The molecule has 0 unspecified atom stereocenters. The highest BCUT2D eigenvalue weighted by Gasteiger charge is 2.31. The number of halogens is 4. The van der Waals surface area contributed by atoms with Gasteiger partial charge in [0.2, 0.25) is 11.6 Å². The molecule has 2 N–H and O–H groups in total. The zero-order valence-electron chi connectivity index (χ0n) is 19.9. The molecule has 2 aromatic carbocycles. The van der Waals surface area contributed by atoms with Crippen molar-refractivity contribution in [3.63, 3.8) is 0 Å². The van der Waals surface area contributed by atoms with Crippen LogP contribution in [0.2, 0.25) is 0 Å². The number of ether oxygens (including phenoxy) is 2. The molecule has 0 aliphatic carbocycles. The van der Waals surface area contributed by atoms with Gasteiger partial charge in [0.15, 0.2) is 11.5 Å². The molecule has 0 amide bonds. The molecule has 2 aromatic rings. The van der Waals surface area contributed by atoms with E-state index in [1.807, 2.05) is 52.0 Å². The molecule has 0 heterocycles. The molecule has 0 fully saturated rings. The number of aliphatic hydroxyl groups is 2. The summed E-state index contributed by atoms with van der Waals surface area (Å²) < 4.78 is 15.0. The summed E-state index contributed by atoms with van der Waals surface area (Å²) >= 11 is 14.5. The lowest BCUT2D eigenvalue weighted by Crippen LogP contribution is -2.34. The Kier molecular flexibility index (Phi) is 9.96. The predicted molar refractivity (Wildman–Crippen MR) is 148 cm³/mol. The van der Waals surface area contributed by atoms with Gasteiger partial charge >= 0.3 is 0 Å². The van der Waals surface area contributed by atoms with Crippen molar-refractivity contribution < 1.29 is 19.7 Å². The molecule has 0 aromatic heterocycles. The SMILES string of the molecule is CCC(O)(CC)Oc1c(Br)cc(C(C)(C)c2cc(Br)c(OC(O)(CC)CC)c(Br)c2)cc1Br. The van der Waals surface area contributed by atoms with Crippen molar-refractivity contribution in [3.8, 4) is 11.5 Å². The van der Waals surface area contributed by atoms with Crippen LogP contribution in [0.3, 0.4) is 0 Å². The zero-order chi connectivity index (χ0) is 25.2. The maximum atomic E-state index is 10.6. The maximum absolute atomic E-state index is 10.6. The van der Waals surface area contributed by atoms with Gasteiger partial charge in [0.1, 0.15) is 0 Å². The largest absolute Gasteiger partial charge is 0.460 e. The quantitative estimate of drug-likeness (QED) is 0.242. The second-order valence-electron chi connectivity index (χ2n) is 8.67. The zero-order valence-corrected chi connectivity index (χ0v) is 26.2. The lowest BCUT2D eigenvalue weighted by molar-refractivity contribution is -0.142. The Labute approximate surface area is 231 Å². The summed E-state index contributed by atoms with van der Waals surface area (Å²) in [7, 11) is 0. The third-order valence-electron chi connectivity index (χ3n) is 6.23. The first-order valence-electron chi connectivity index (χ1n) is 11.1. The van der Waals surface area contributed by atoms with Crippen LogP contribution >= 0.6 is 63.7 Å². The molecule has 0 bridgehead atoms. The van der Waals surface area contributed by atoms with Gasteiger partial charge in [0.05, 0.1) is 17.9 Å². The van der Waals surface area contributed by atoms with Crippen molar-refractivity contribution in [2.45, 2.75) is 84.2 Å². The van der Waals surface area contributed by atoms with Crippen LogP contribution in [0.4, 0.5) is 0 Å². The van der Waals surface area contributed by atoms with Gasteiger partial charge in [0, 0.05) is 31.1 Å². The topological polar surface area (TPSA) is 58.9 Å². The Bertz CT molecular complexity index is 859. The van der Waals surface area contributed by atoms with Crippen LogP contribution in [-0.2, 0) is 5.41 Å². The van der Waals surface area contributed by atoms with Crippen LogP contribution in [0.5, 0.6) is 11.5 Å². The molecular formula is C25H32Br4O4. The summed E-state index contributed by atoms with van der Waals surface area (Å²) in [5, 5.41) is 21.3. The molecule has 0 saturated heterocycles. The smallest absolute Gasteiger partial charge is 0.207 e. The van der Waals surface area contributed by atoms with Gasteiger partial charge in [-0.05, 0) is 99.1 Å². The summed E-state index contributed by atoms with van der Waals surface area (Å²) in [6, 6.07) is 8.08. The summed E-state index contributed by atoms with van der Waals surface area (Å²) in [6.45, 7) is 11.9. The first kappa shape index (κ1) is 29.1. The van der Waals surface area contributed by atoms with E-state index in [1.165, 1.54) is 0 Å². The molecule has 0 saturated carbocycles. The summed E-state index contributed by atoms with van der Waals surface area (Å²) in [6.07, 6.45) is 1.93. The second kappa shape index (κ2) is 11.3. The van der Waals surface area contributed by atoms with Crippen molar-refractivity contribution in [1.82, 2.24) is 0 Å². The molecule has 184 valence electrons. The number of hydrogen-bond donors (Lipinski definition) is 2. The molecule has 0 aliphatic rings. The Morgan fingerprint density at radius 3 is 1.06 bits per heavy atom. The summed E-state index contributed by atoms with van der Waals surface area (Å²) in [5.41, 5.74) is 1.73. The van der Waals surface area contributed by atoms with Gasteiger partial charge in [-0.3, -0.25) is 0 Å². The van der Waals surface area contributed by atoms with Crippen molar-refractivity contribution >= 4 is 63.7 Å². The van der Waals surface area contributed by atoms with Crippen LogP contribution in [0.25, 0.3) is 0 Å². The van der Waals surface area contributed by atoms with E-state index < -0.39 is 11.6 Å². The summed E-state index contributed by atoms with van der Waals surface area (Å²) in [4.78, 5) is 0. The van der Waals surface area contributed by atoms with Gasteiger partial charge in [-0.1, -0.05) is 41.5 Å². The van der Waals surface area contributed by atoms with Crippen LogP contribution < -0.4 is 9.47 Å². The Hall–Kier alpha value is -0.120. The van der Waals surface area contributed by atoms with E-state index in [-0.39, 0.29) is 5.41 Å². The Morgan fingerprint density at radius 2 is 0.848 bits per heavy atom. The van der Waals surface area contributed by atoms with Crippen LogP contribution in [0.1, 0.15) is 78.4 Å². The van der Waals surface area contributed by atoms with Gasteiger partial charge in [-0.25, -0.2) is 0 Å². The average Bonchev–Trinajstić information content (AvgIpc) is 2.78. The van der Waals surface area contributed by atoms with Gasteiger partial charge in [0.25, 0.3) is 0 Å². The Morgan fingerprint density at radius 1 is 0.606 bits per heavy atom. The fraction of sp³-hybridized carbons (Fsp3) is 0.520. The van der Waals surface area contributed by atoms with Crippen LogP contribution in [0.15, 0.2) is 42.2 Å². The second-order valence-corrected chi connectivity index (χ2v) is 12.1. The molecular weight excluding hydrogens is 684 g/mol. The van der Waals surface area contributed by atoms with Crippen LogP contribution in [0, 0.1) is 0 Å².